The Labute approximate surface area is 262 Å². The molecule has 10 aromatic rings. The summed E-state index contributed by atoms with van der Waals surface area (Å²) in [5, 5.41) is 6.10. The van der Waals surface area contributed by atoms with Gasteiger partial charge in [-0.3, -0.25) is 0 Å². The van der Waals surface area contributed by atoms with Crippen LogP contribution in [0.1, 0.15) is 0 Å². The molecular formula is C40H24N4S. The van der Waals surface area contributed by atoms with E-state index < -0.39 is 0 Å². The third kappa shape index (κ3) is 3.41. The molecule has 0 radical (unpaired) electrons. The summed E-state index contributed by atoms with van der Waals surface area (Å²) in [5.41, 5.74) is 10.1. The van der Waals surface area contributed by atoms with Crippen LogP contribution in [0.3, 0.4) is 0 Å². The summed E-state index contributed by atoms with van der Waals surface area (Å²) < 4.78 is 7.14. The molecule has 0 aliphatic heterocycles. The molecule has 0 spiro atoms. The van der Waals surface area contributed by atoms with Crippen LogP contribution in [-0.4, -0.2) is 19.1 Å². The highest BCUT2D eigenvalue weighted by molar-refractivity contribution is 7.26. The number of nitrogens with zero attached hydrogens (tertiary/aromatic N) is 4. The van der Waals surface area contributed by atoms with Gasteiger partial charge in [0.05, 0.1) is 38.0 Å². The number of benzene rings is 6. The third-order valence-corrected chi connectivity index (χ3v) is 10.2. The molecule has 5 heteroatoms. The lowest BCUT2D eigenvalue weighted by Gasteiger charge is -2.09. The standard InChI is InChI=1S/C40H24N4S/c1-3-12-25(13-4-1)43-30-19-9-7-16-27(30)35-32(43)22-23-33-37(35)36-29(18-11-20-31(36)44(33)26-14-5-2-6-15-26)39-40-38(41-24-42-39)28-17-8-10-21-34(28)45-40/h1-24H. The molecule has 4 heterocycles. The largest absolute Gasteiger partial charge is 0.309 e. The Hall–Kier alpha value is -5.78. The van der Waals surface area contributed by atoms with Crippen LogP contribution in [0, 0.1) is 0 Å². The minimum atomic E-state index is 0.975. The Balaban J connectivity index is 1.44. The van der Waals surface area contributed by atoms with Crippen molar-refractivity contribution < 1.29 is 0 Å². The van der Waals surface area contributed by atoms with Crippen molar-refractivity contribution in [2.45, 2.75) is 0 Å². The van der Waals surface area contributed by atoms with Gasteiger partial charge in [0.15, 0.2) is 0 Å². The van der Waals surface area contributed by atoms with Gasteiger partial charge in [-0.05, 0) is 54.6 Å². The first-order chi connectivity index (χ1) is 22.4. The van der Waals surface area contributed by atoms with Crippen molar-refractivity contribution in [2.75, 3.05) is 0 Å². The van der Waals surface area contributed by atoms with E-state index in [1.54, 1.807) is 17.7 Å². The highest BCUT2D eigenvalue weighted by atomic mass is 32.1. The van der Waals surface area contributed by atoms with Gasteiger partial charge < -0.3 is 9.13 Å². The maximum absolute atomic E-state index is 4.99. The first-order valence-corrected chi connectivity index (χ1v) is 15.9. The lowest BCUT2D eigenvalue weighted by molar-refractivity contribution is 1.17. The van der Waals surface area contributed by atoms with E-state index in [0.29, 0.717) is 0 Å². The summed E-state index contributed by atoms with van der Waals surface area (Å²) in [7, 11) is 0. The molecule has 45 heavy (non-hydrogen) atoms. The number of para-hydroxylation sites is 3. The van der Waals surface area contributed by atoms with E-state index in [0.717, 1.165) is 38.4 Å². The van der Waals surface area contributed by atoms with Crippen LogP contribution in [0.5, 0.6) is 0 Å². The number of rotatable bonds is 3. The van der Waals surface area contributed by atoms with Crippen LogP contribution in [0.4, 0.5) is 0 Å². The SMILES string of the molecule is c1ccc(-n2c3ccccc3c3c4c5c(-c6ncnc7c6sc6ccccc67)cccc5n(-c5ccccc5)c4ccc32)cc1. The second-order valence-corrected chi connectivity index (χ2v) is 12.5. The zero-order valence-electron chi connectivity index (χ0n) is 24.1. The van der Waals surface area contributed by atoms with E-state index in [4.69, 9.17) is 9.97 Å². The van der Waals surface area contributed by atoms with E-state index in [1.807, 2.05) is 0 Å². The molecule has 0 N–H and O–H groups in total. The Morgan fingerprint density at radius 2 is 1.04 bits per heavy atom. The van der Waals surface area contributed by atoms with Crippen molar-refractivity contribution in [1.82, 2.24) is 19.1 Å². The van der Waals surface area contributed by atoms with Gasteiger partial charge >= 0.3 is 0 Å². The average Bonchev–Trinajstić information content (AvgIpc) is 3.76. The maximum atomic E-state index is 4.99. The zero-order valence-corrected chi connectivity index (χ0v) is 24.9. The van der Waals surface area contributed by atoms with E-state index in [-0.39, 0.29) is 0 Å². The number of hydrogen-bond donors (Lipinski definition) is 0. The summed E-state index contributed by atoms with van der Waals surface area (Å²) in [6.07, 6.45) is 1.73. The van der Waals surface area contributed by atoms with Gasteiger partial charge in [-0.2, -0.15) is 0 Å². The normalized spacial score (nSPS) is 12.0. The van der Waals surface area contributed by atoms with Gasteiger partial charge in [-0.15, -0.1) is 11.3 Å². The molecule has 0 saturated carbocycles. The van der Waals surface area contributed by atoms with Gasteiger partial charge in [0, 0.05) is 48.6 Å². The van der Waals surface area contributed by atoms with Crippen molar-refractivity contribution in [3.05, 3.63) is 146 Å². The summed E-state index contributed by atoms with van der Waals surface area (Å²) >= 11 is 1.77. The van der Waals surface area contributed by atoms with Crippen LogP contribution < -0.4 is 0 Å². The smallest absolute Gasteiger partial charge is 0.116 e. The summed E-state index contributed by atoms with van der Waals surface area (Å²) in [6.45, 7) is 0. The molecule has 6 aromatic carbocycles. The lowest BCUT2D eigenvalue weighted by Crippen LogP contribution is -1.94. The third-order valence-electron chi connectivity index (χ3n) is 9.03. The Kier molecular flexibility index (Phi) is 5.12. The van der Waals surface area contributed by atoms with E-state index in [9.17, 15) is 0 Å². The Bertz CT molecular complexity index is 2750. The molecule has 0 bridgehead atoms. The number of thiophene rings is 1. The van der Waals surface area contributed by atoms with Crippen LogP contribution in [-0.2, 0) is 0 Å². The van der Waals surface area contributed by atoms with Crippen molar-refractivity contribution in [3.8, 4) is 22.6 Å². The fourth-order valence-corrected chi connectivity index (χ4v) is 8.39. The molecule has 0 amide bonds. The minimum absolute atomic E-state index is 0.975. The molecule has 0 fully saturated rings. The first kappa shape index (κ1) is 24.6. The van der Waals surface area contributed by atoms with E-state index in [2.05, 4.69) is 149 Å². The van der Waals surface area contributed by atoms with E-state index in [1.165, 1.54) is 48.2 Å². The second-order valence-electron chi connectivity index (χ2n) is 11.4. The molecule has 210 valence electrons. The predicted octanol–water partition coefficient (Wildman–Crippen LogP) is 10.7. The van der Waals surface area contributed by atoms with Gasteiger partial charge in [-0.1, -0.05) is 84.9 Å². The van der Waals surface area contributed by atoms with Crippen molar-refractivity contribution in [2.24, 2.45) is 0 Å². The average molecular weight is 593 g/mol. The first-order valence-electron chi connectivity index (χ1n) is 15.1. The van der Waals surface area contributed by atoms with Crippen LogP contribution in [0.15, 0.2) is 146 Å². The topological polar surface area (TPSA) is 35.6 Å². The summed E-state index contributed by atoms with van der Waals surface area (Å²) in [6, 6.07) is 49.9. The predicted molar refractivity (Wildman–Crippen MR) is 189 cm³/mol. The molecule has 0 aliphatic rings. The van der Waals surface area contributed by atoms with Crippen molar-refractivity contribution in [1.29, 1.82) is 0 Å². The molecule has 0 aliphatic carbocycles. The molecule has 0 atom stereocenters. The molecular weight excluding hydrogens is 569 g/mol. The van der Waals surface area contributed by atoms with Gasteiger partial charge in [-0.25, -0.2) is 9.97 Å². The quantitative estimate of drug-likeness (QED) is 0.205. The highest BCUT2D eigenvalue weighted by Crippen LogP contribution is 2.46. The molecule has 0 unspecified atom stereocenters. The molecule has 4 nitrogen and oxygen atoms in total. The maximum Gasteiger partial charge on any atom is 0.116 e. The van der Waals surface area contributed by atoms with Gasteiger partial charge in [0.25, 0.3) is 0 Å². The monoisotopic (exact) mass is 592 g/mol. The fourth-order valence-electron chi connectivity index (χ4n) is 7.23. The van der Waals surface area contributed by atoms with Crippen molar-refractivity contribution in [3.63, 3.8) is 0 Å². The van der Waals surface area contributed by atoms with Gasteiger partial charge in [0.2, 0.25) is 0 Å². The van der Waals surface area contributed by atoms with Crippen LogP contribution in [0.2, 0.25) is 0 Å². The summed E-state index contributed by atoms with van der Waals surface area (Å²) in [5.74, 6) is 0. The molecule has 10 rings (SSSR count). The van der Waals surface area contributed by atoms with Crippen molar-refractivity contribution >= 4 is 75.3 Å². The number of aromatic nitrogens is 4. The van der Waals surface area contributed by atoms with Gasteiger partial charge in [0.1, 0.15) is 6.33 Å². The Morgan fingerprint density at radius 1 is 0.444 bits per heavy atom. The fraction of sp³-hybridized carbons (Fsp3) is 0. The lowest BCUT2D eigenvalue weighted by atomic mass is 9.99. The number of hydrogen-bond acceptors (Lipinski definition) is 3. The van der Waals surface area contributed by atoms with Crippen LogP contribution in [0.25, 0.3) is 86.5 Å². The summed E-state index contributed by atoms with van der Waals surface area (Å²) in [4.78, 5) is 9.76. The highest BCUT2D eigenvalue weighted by Gasteiger charge is 2.24. The number of fused-ring (bicyclic) bond motifs is 10. The minimum Gasteiger partial charge on any atom is -0.309 e. The molecule has 0 saturated heterocycles. The van der Waals surface area contributed by atoms with E-state index >= 15 is 0 Å². The molecule has 4 aromatic heterocycles. The van der Waals surface area contributed by atoms with Crippen LogP contribution >= 0.6 is 11.3 Å². The zero-order chi connectivity index (χ0) is 29.5. The second kappa shape index (κ2) is 9.36. The Morgan fingerprint density at radius 3 is 1.82 bits per heavy atom.